The molecule has 146 valence electrons. The number of rotatable bonds is 3. The molecule has 2 saturated heterocycles. The van der Waals surface area contributed by atoms with Crippen LogP contribution in [0.5, 0.6) is 0 Å². The van der Waals surface area contributed by atoms with Gasteiger partial charge >= 0.3 is 0 Å². The molecule has 0 N–H and O–H groups in total. The highest BCUT2D eigenvalue weighted by atomic mass is 16.2. The molecule has 2 fully saturated rings. The van der Waals surface area contributed by atoms with Gasteiger partial charge in [0.15, 0.2) is 0 Å². The van der Waals surface area contributed by atoms with E-state index in [9.17, 15) is 9.59 Å². The zero-order valence-electron chi connectivity index (χ0n) is 16.2. The second-order valence-corrected chi connectivity index (χ2v) is 7.60. The van der Waals surface area contributed by atoms with Gasteiger partial charge in [0.25, 0.3) is 5.91 Å². The summed E-state index contributed by atoms with van der Waals surface area (Å²) in [6.07, 6.45) is 1.76. The Morgan fingerprint density at radius 3 is 2.07 bits per heavy atom. The van der Waals surface area contributed by atoms with Crippen LogP contribution >= 0.6 is 0 Å². The number of nitrogens with zero attached hydrogens (tertiary/aromatic N) is 3. The van der Waals surface area contributed by atoms with E-state index in [1.807, 2.05) is 58.3 Å². The van der Waals surface area contributed by atoms with Gasteiger partial charge in [-0.1, -0.05) is 36.4 Å². The van der Waals surface area contributed by atoms with E-state index in [-0.39, 0.29) is 17.7 Å². The Morgan fingerprint density at radius 1 is 0.750 bits per heavy atom. The molecule has 0 aliphatic carbocycles. The number of hydrogen-bond donors (Lipinski definition) is 0. The Morgan fingerprint density at radius 2 is 1.39 bits per heavy atom. The van der Waals surface area contributed by atoms with Gasteiger partial charge in [-0.3, -0.25) is 9.59 Å². The number of likely N-dealkylation sites (tertiary alicyclic amines) is 1. The fourth-order valence-corrected chi connectivity index (χ4v) is 4.21. The fraction of sp³-hybridized carbons (Fsp3) is 0.391. The van der Waals surface area contributed by atoms with E-state index >= 15 is 0 Å². The van der Waals surface area contributed by atoms with Crippen LogP contribution in [0.15, 0.2) is 60.7 Å². The molecule has 5 nitrogen and oxygen atoms in total. The van der Waals surface area contributed by atoms with Crippen molar-refractivity contribution in [1.82, 2.24) is 9.80 Å². The van der Waals surface area contributed by atoms with Gasteiger partial charge in [0.1, 0.15) is 0 Å². The van der Waals surface area contributed by atoms with Crippen LogP contribution in [0.2, 0.25) is 0 Å². The van der Waals surface area contributed by atoms with Gasteiger partial charge in [-0.2, -0.15) is 0 Å². The first kappa shape index (κ1) is 18.5. The Balaban J connectivity index is 1.34. The number of para-hydroxylation sites is 1. The maximum absolute atomic E-state index is 13.1. The lowest BCUT2D eigenvalue weighted by Gasteiger charge is -2.39. The summed E-state index contributed by atoms with van der Waals surface area (Å²) in [5.41, 5.74) is 1.92. The number of amides is 2. The average molecular weight is 377 g/mol. The second-order valence-electron chi connectivity index (χ2n) is 7.60. The largest absolute Gasteiger partial charge is 0.368 e. The Kier molecular flexibility index (Phi) is 5.60. The summed E-state index contributed by atoms with van der Waals surface area (Å²) in [5, 5.41) is 0. The number of benzene rings is 2. The van der Waals surface area contributed by atoms with Crippen LogP contribution in [0.1, 0.15) is 23.2 Å². The van der Waals surface area contributed by atoms with Crippen LogP contribution in [-0.4, -0.2) is 60.9 Å². The van der Waals surface area contributed by atoms with Gasteiger partial charge in [-0.05, 0) is 37.1 Å². The summed E-state index contributed by atoms with van der Waals surface area (Å²) < 4.78 is 0. The Labute approximate surface area is 166 Å². The molecule has 2 aliphatic rings. The summed E-state index contributed by atoms with van der Waals surface area (Å²) in [6, 6.07) is 19.7. The Bertz CT molecular complexity index is 801. The molecule has 2 aromatic rings. The third-order valence-electron chi connectivity index (χ3n) is 5.79. The van der Waals surface area contributed by atoms with Crippen molar-refractivity contribution in [3.63, 3.8) is 0 Å². The molecule has 0 spiro atoms. The van der Waals surface area contributed by atoms with Crippen LogP contribution in [0.4, 0.5) is 5.69 Å². The Hall–Kier alpha value is -2.82. The number of carbonyl (C=O) groups excluding carboxylic acids is 2. The predicted octanol–water partition coefficient (Wildman–Crippen LogP) is 2.89. The van der Waals surface area contributed by atoms with Crippen molar-refractivity contribution in [2.75, 3.05) is 44.2 Å². The summed E-state index contributed by atoms with van der Waals surface area (Å²) in [7, 11) is 0. The van der Waals surface area contributed by atoms with Gasteiger partial charge in [0.05, 0.1) is 5.92 Å². The number of carbonyl (C=O) groups is 2. The van der Waals surface area contributed by atoms with Crippen LogP contribution in [0.25, 0.3) is 0 Å². The molecule has 2 aromatic carbocycles. The first-order chi connectivity index (χ1) is 13.7. The molecule has 0 saturated carbocycles. The van der Waals surface area contributed by atoms with E-state index in [1.165, 1.54) is 5.69 Å². The lowest BCUT2D eigenvalue weighted by atomic mass is 9.95. The van der Waals surface area contributed by atoms with E-state index in [2.05, 4.69) is 17.0 Å². The van der Waals surface area contributed by atoms with Crippen molar-refractivity contribution in [1.29, 1.82) is 0 Å². The van der Waals surface area contributed by atoms with E-state index in [4.69, 9.17) is 0 Å². The maximum atomic E-state index is 13.1. The first-order valence-electron chi connectivity index (χ1n) is 10.2. The SMILES string of the molecule is O=C(c1ccccc1)N1CCC[C@@H](C(=O)N2CCN(c3ccccc3)CC2)C1. The standard InChI is InChI=1S/C23H27N3O2/c27-22(19-8-3-1-4-9-19)26-13-7-10-20(18-26)23(28)25-16-14-24(15-17-25)21-11-5-2-6-12-21/h1-6,8-9,11-12,20H,7,10,13-18H2/t20-/m1/s1. The fourth-order valence-electron chi connectivity index (χ4n) is 4.21. The molecule has 28 heavy (non-hydrogen) atoms. The molecule has 0 unspecified atom stereocenters. The smallest absolute Gasteiger partial charge is 0.253 e. The van der Waals surface area contributed by atoms with Gasteiger partial charge in [-0.25, -0.2) is 0 Å². The molecular formula is C23H27N3O2. The van der Waals surface area contributed by atoms with Crippen LogP contribution in [0.3, 0.4) is 0 Å². The zero-order valence-corrected chi connectivity index (χ0v) is 16.2. The van der Waals surface area contributed by atoms with Crippen LogP contribution < -0.4 is 4.90 Å². The highest BCUT2D eigenvalue weighted by Gasteiger charge is 2.32. The highest BCUT2D eigenvalue weighted by Crippen LogP contribution is 2.22. The summed E-state index contributed by atoms with van der Waals surface area (Å²) in [4.78, 5) is 32.0. The zero-order chi connectivity index (χ0) is 19.3. The molecular weight excluding hydrogens is 350 g/mol. The van der Waals surface area contributed by atoms with Gasteiger partial charge < -0.3 is 14.7 Å². The van der Waals surface area contributed by atoms with Crippen molar-refractivity contribution in [3.05, 3.63) is 66.2 Å². The molecule has 5 heteroatoms. The normalized spacial score (nSPS) is 20.1. The van der Waals surface area contributed by atoms with E-state index < -0.39 is 0 Å². The number of piperidine rings is 1. The molecule has 0 aromatic heterocycles. The van der Waals surface area contributed by atoms with Crippen LogP contribution in [-0.2, 0) is 4.79 Å². The van der Waals surface area contributed by atoms with Gasteiger partial charge in [0, 0.05) is 50.5 Å². The molecule has 0 bridgehead atoms. The molecule has 4 rings (SSSR count). The monoisotopic (exact) mass is 377 g/mol. The minimum absolute atomic E-state index is 0.0343. The van der Waals surface area contributed by atoms with Crippen molar-refractivity contribution in [2.24, 2.45) is 5.92 Å². The van der Waals surface area contributed by atoms with Gasteiger partial charge in [-0.15, -0.1) is 0 Å². The van der Waals surface area contributed by atoms with Crippen molar-refractivity contribution >= 4 is 17.5 Å². The number of piperazine rings is 1. The predicted molar refractivity (Wildman–Crippen MR) is 110 cm³/mol. The third kappa shape index (κ3) is 4.03. The van der Waals surface area contributed by atoms with Crippen LogP contribution in [0, 0.1) is 5.92 Å². The van der Waals surface area contributed by atoms with E-state index in [1.54, 1.807) is 0 Å². The molecule has 2 amide bonds. The first-order valence-corrected chi connectivity index (χ1v) is 10.2. The number of hydrogen-bond acceptors (Lipinski definition) is 3. The number of anilines is 1. The van der Waals surface area contributed by atoms with Crippen molar-refractivity contribution in [3.8, 4) is 0 Å². The molecule has 2 heterocycles. The second kappa shape index (κ2) is 8.46. The van der Waals surface area contributed by atoms with E-state index in [0.717, 1.165) is 45.6 Å². The lowest BCUT2D eigenvalue weighted by molar-refractivity contribution is -0.137. The maximum Gasteiger partial charge on any atom is 0.253 e. The van der Waals surface area contributed by atoms with Crippen molar-refractivity contribution in [2.45, 2.75) is 12.8 Å². The minimum atomic E-state index is -0.0790. The molecule has 1 atom stereocenters. The van der Waals surface area contributed by atoms with Gasteiger partial charge in [0.2, 0.25) is 5.91 Å². The quantitative estimate of drug-likeness (QED) is 0.826. The molecule has 0 radical (unpaired) electrons. The highest BCUT2D eigenvalue weighted by molar-refractivity contribution is 5.94. The molecule has 2 aliphatic heterocycles. The van der Waals surface area contributed by atoms with E-state index in [0.29, 0.717) is 12.1 Å². The third-order valence-corrected chi connectivity index (χ3v) is 5.79. The minimum Gasteiger partial charge on any atom is -0.368 e. The summed E-state index contributed by atoms with van der Waals surface area (Å²) in [5.74, 6) is 0.162. The topological polar surface area (TPSA) is 43.9 Å². The van der Waals surface area contributed by atoms with Crippen molar-refractivity contribution < 1.29 is 9.59 Å². The average Bonchev–Trinajstić information content (AvgIpc) is 2.79. The lowest BCUT2D eigenvalue weighted by Crippen LogP contribution is -2.53. The summed E-state index contributed by atoms with van der Waals surface area (Å²) >= 11 is 0. The summed E-state index contributed by atoms with van der Waals surface area (Å²) in [6.45, 7) is 4.47.